The Bertz CT molecular complexity index is 1080. The first-order valence-electron chi connectivity index (χ1n) is 8.69. The molecule has 1 aliphatic heterocycles. The lowest BCUT2D eigenvalue weighted by atomic mass is 10.0. The van der Waals surface area contributed by atoms with Crippen LogP contribution in [0.5, 0.6) is 5.75 Å². The maximum Gasteiger partial charge on any atom is 0.271 e. The zero-order chi connectivity index (χ0) is 19.8. The van der Waals surface area contributed by atoms with E-state index in [-0.39, 0.29) is 23.0 Å². The maximum absolute atomic E-state index is 14.2. The third-order valence-corrected chi connectivity index (χ3v) is 5.28. The number of rotatable bonds is 3. The number of benzene rings is 2. The van der Waals surface area contributed by atoms with E-state index in [9.17, 15) is 14.0 Å². The normalized spacial score (nSPS) is 16.9. The molecule has 6 nitrogen and oxygen atoms in total. The summed E-state index contributed by atoms with van der Waals surface area (Å²) in [6.07, 6.45) is 0. The van der Waals surface area contributed by atoms with Crippen molar-refractivity contribution in [2.75, 3.05) is 20.2 Å². The fourth-order valence-electron chi connectivity index (χ4n) is 3.50. The fraction of sp³-hybridized carbons (Fsp3) is 0.200. The number of aromatic nitrogens is 1. The van der Waals surface area contributed by atoms with Crippen LogP contribution >= 0.6 is 15.9 Å². The Kier molecular flexibility index (Phi) is 4.80. The predicted octanol–water partition coefficient (Wildman–Crippen LogP) is 3.39. The van der Waals surface area contributed by atoms with Gasteiger partial charge in [-0.25, -0.2) is 4.39 Å². The Balaban J connectivity index is 1.76. The summed E-state index contributed by atoms with van der Waals surface area (Å²) in [7, 11) is 1.49. The van der Waals surface area contributed by atoms with E-state index < -0.39 is 11.9 Å². The fourth-order valence-corrected chi connectivity index (χ4v) is 3.92. The number of H-pyrrole nitrogens is 1. The van der Waals surface area contributed by atoms with Crippen molar-refractivity contribution in [2.45, 2.75) is 6.04 Å². The summed E-state index contributed by atoms with van der Waals surface area (Å²) in [4.78, 5) is 30.1. The molecule has 1 saturated heterocycles. The first-order valence-corrected chi connectivity index (χ1v) is 9.48. The molecule has 0 spiro atoms. The summed E-state index contributed by atoms with van der Waals surface area (Å²) >= 11 is 3.40. The summed E-state index contributed by atoms with van der Waals surface area (Å²) in [6, 6.07) is 10.9. The number of nitrogens with zero attached hydrogens (tertiary/aromatic N) is 1. The molecule has 3 aromatic rings. The number of fused-ring (bicyclic) bond motifs is 1. The average molecular weight is 446 g/mol. The minimum atomic E-state index is -0.767. The highest BCUT2D eigenvalue weighted by atomic mass is 79.9. The van der Waals surface area contributed by atoms with Crippen LogP contribution < -0.4 is 10.1 Å². The molecule has 2 amide bonds. The van der Waals surface area contributed by atoms with Gasteiger partial charge in [0.1, 0.15) is 23.3 Å². The molecule has 1 fully saturated rings. The SMILES string of the molecule is COc1ccc(F)c2[nH]c(C(=O)N3CCNC(=O)C3c3cccc(Br)c3)cc12. The molecule has 2 N–H and O–H groups in total. The number of hydrogen-bond acceptors (Lipinski definition) is 3. The van der Waals surface area contributed by atoms with Crippen molar-refractivity contribution >= 4 is 38.6 Å². The molecule has 1 atom stereocenters. The highest BCUT2D eigenvalue weighted by molar-refractivity contribution is 9.10. The van der Waals surface area contributed by atoms with Gasteiger partial charge in [0.05, 0.1) is 12.6 Å². The highest BCUT2D eigenvalue weighted by Gasteiger charge is 2.35. The van der Waals surface area contributed by atoms with Crippen LogP contribution in [-0.2, 0) is 4.79 Å². The zero-order valence-electron chi connectivity index (χ0n) is 15.0. The molecule has 0 radical (unpaired) electrons. The number of amides is 2. The number of carbonyl (C=O) groups excluding carboxylic acids is 2. The summed E-state index contributed by atoms with van der Waals surface area (Å²) in [5.74, 6) is -0.642. The first kappa shape index (κ1) is 18.5. The van der Waals surface area contributed by atoms with E-state index in [2.05, 4.69) is 26.2 Å². The Morgan fingerprint density at radius 1 is 1.29 bits per heavy atom. The number of carbonyl (C=O) groups is 2. The quantitative estimate of drug-likeness (QED) is 0.648. The number of halogens is 2. The lowest BCUT2D eigenvalue weighted by molar-refractivity contribution is -0.128. The second kappa shape index (κ2) is 7.27. The van der Waals surface area contributed by atoms with E-state index in [0.717, 1.165) is 4.47 Å². The van der Waals surface area contributed by atoms with Gasteiger partial charge in [0.15, 0.2) is 0 Å². The molecular weight excluding hydrogens is 429 g/mol. The molecule has 1 unspecified atom stereocenters. The standard InChI is InChI=1S/C20H17BrFN3O3/c1-28-16-6-5-14(22)17-13(16)10-15(24-17)20(27)25-8-7-23-19(26)18(25)11-3-2-4-12(21)9-11/h2-6,9-10,18,24H,7-8H2,1H3,(H,23,26). The molecule has 0 bridgehead atoms. The van der Waals surface area contributed by atoms with Crippen LogP contribution in [0.4, 0.5) is 4.39 Å². The van der Waals surface area contributed by atoms with Crippen LogP contribution in [-0.4, -0.2) is 41.9 Å². The minimum absolute atomic E-state index is 0.197. The van der Waals surface area contributed by atoms with Gasteiger partial charge >= 0.3 is 0 Å². The summed E-state index contributed by atoms with van der Waals surface area (Å²) in [6.45, 7) is 0.698. The first-order chi connectivity index (χ1) is 13.5. The molecule has 2 heterocycles. The van der Waals surface area contributed by atoms with Crippen molar-refractivity contribution in [2.24, 2.45) is 0 Å². The van der Waals surface area contributed by atoms with Crippen LogP contribution in [0.25, 0.3) is 10.9 Å². The Morgan fingerprint density at radius 2 is 2.11 bits per heavy atom. The van der Waals surface area contributed by atoms with Crippen molar-refractivity contribution in [3.05, 3.63) is 64.0 Å². The number of methoxy groups -OCH3 is 1. The molecule has 144 valence electrons. The van der Waals surface area contributed by atoms with Crippen molar-refractivity contribution in [1.29, 1.82) is 0 Å². The third kappa shape index (κ3) is 3.13. The number of nitrogens with one attached hydrogen (secondary N) is 2. The second-order valence-electron chi connectivity index (χ2n) is 6.47. The second-order valence-corrected chi connectivity index (χ2v) is 7.38. The van der Waals surface area contributed by atoms with Gasteiger partial charge in [0.25, 0.3) is 5.91 Å². The van der Waals surface area contributed by atoms with Crippen molar-refractivity contribution in [3.63, 3.8) is 0 Å². The molecule has 8 heteroatoms. The number of aromatic amines is 1. The monoisotopic (exact) mass is 445 g/mol. The Labute approximate surface area is 168 Å². The van der Waals surface area contributed by atoms with Crippen LogP contribution in [0.15, 0.2) is 46.9 Å². The van der Waals surface area contributed by atoms with E-state index in [1.165, 1.54) is 24.1 Å². The third-order valence-electron chi connectivity index (χ3n) is 4.79. The zero-order valence-corrected chi connectivity index (χ0v) is 16.5. The lowest BCUT2D eigenvalue weighted by Gasteiger charge is -2.35. The van der Waals surface area contributed by atoms with Gasteiger partial charge in [-0.1, -0.05) is 28.1 Å². The molecule has 0 saturated carbocycles. The lowest BCUT2D eigenvalue weighted by Crippen LogP contribution is -2.52. The summed E-state index contributed by atoms with van der Waals surface area (Å²) in [5.41, 5.74) is 1.09. The minimum Gasteiger partial charge on any atom is -0.496 e. The molecule has 4 rings (SSSR count). The molecule has 1 aliphatic rings. The topological polar surface area (TPSA) is 74.4 Å². The van der Waals surface area contributed by atoms with Gasteiger partial charge in [-0.3, -0.25) is 9.59 Å². The van der Waals surface area contributed by atoms with E-state index in [0.29, 0.717) is 29.8 Å². The average Bonchev–Trinajstić information content (AvgIpc) is 3.14. The van der Waals surface area contributed by atoms with E-state index in [1.54, 1.807) is 12.1 Å². The number of piperazine rings is 1. The summed E-state index contributed by atoms with van der Waals surface area (Å²) < 4.78 is 20.3. The van der Waals surface area contributed by atoms with Gasteiger partial charge in [0, 0.05) is 22.9 Å². The molecule has 28 heavy (non-hydrogen) atoms. The van der Waals surface area contributed by atoms with Crippen molar-refractivity contribution in [1.82, 2.24) is 15.2 Å². The van der Waals surface area contributed by atoms with Crippen molar-refractivity contribution < 1.29 is 18.7 Å². The van der Waals surface area contributed by atoms with Crippen molar-refractivity contribution in [3.8, 4) is 5.75 Å². The number of ether oxygens (including phenoxy) is 1. The van der Waals surface area contributed by atoms with Gasteiger partial charge in [-0.2, -0.15) is 0 Å². The Morgan fingerprint density at radius 3 is 2.86 bits per heavy atom. The molecular formula is C20H17BrFN3O3. The molecule has 1 aromatic heterocycles. The highest BCUT2D eigenvalue weighted by Crippen LogP contribution is 2.31. The van der Waals surface area contributed by atoms with Crippen LogP contribution in [0.1, 0.15) is 22.1 Å². The van der Waals surface area contributed by atoms with Crippen LogP contribution in [0.2, 0.25) is 0 Å². The van der Waals surface area contributed by atoms with Gasteiger partial charge < -0.3 is 19.9 Å². The van der Waals surface area contributed by atoms with Crippen LogP contribution in [0, 0.1) is 5.82 Å². The van der Waals surface area contributed by atoms with Crippen LogP contribution in [0.3, 0.4) is 0 Å². The summed E-state index contributed by atoms with van der Waals surface area (Å²) in [5, 5.41) is 3.28. The predicted molar refractivity (Wildman–Crippen MR) is 106 cm³/mol. The number of hydrogen-bond donors (Lipinski definition) is 2. The van der Waals surface area contributed by atoms with Gasteiger partial charge in [-0.15, -0.1) is 0 Å². The van der Waals surface area contributed by atoms with E-state index in [4.69, 9.17) is 4.74 Å². The smallest absolute Gasteiger partial charge is 0.271 e. The van der Waals surface area contributed by atoms with E-state index >= 15 is 0 Å². The molecule has 2 aromatic carbocycles. The van der Waals surface area contributed by atoms with Gasteiger partial charge in [0.2, 0.25) is 5.91 Å². The Hall–Kier alpha value is -2.87. The van der Waals surface area contributed by atoms with E-state index in [1.807, 2.05) is 18.2 Å². The molecule has 0 aliphatic carbocycles. The van der Waals surface area contributed by atoms with Gasteiger partial charge in [-0.05, 0) is 35.9 Å². The maximum atomic E-state index is 14.2. The largest absolute Gasteiger partial charge is 0.496 e.